The summed E-state index contributed by atoms with van der Waals surface area (Å²) in [6.45, 7) is 6.29. The second kappa shape index (κ2) is 7.31. The molecule has 1 aliphatic heterocycles. The van der Waals surface area contributed by atoms with E-state index in [0.717, 1.165) is 11.3 Å². The Labute approximate surface area is 160 Å². The van der Waals surface area contributed by atoms with Gasteiger partial charge in [0, 0.05) is 24.1 Å². The third kappa shape index (κ3) is 4.86. The van der Waals surface area contributed by atoms with Crippen LogP contribution >= 0.6 is 0 Å². The van der Waals surface area contributed by atoms with Crippen molar-refractivity contribution in [3.05, 3.63) is 53.9 Å². The number of pyridine rings is 1. The summed E-state index contributed by atoms with van der Waals surface area (Å²) in [7, 11) is -2.96. The number of para-hydroxylation sites is 1. The summed E-state index contributed by atoms with van der Waals surface area (Å²) in [4.78, 5) is 16.8. The fourth-order valence-corrected chi connectivity index (χ4v) is 4.90. The molecule has 1 unspecified atom stereocenters. The second-order valence-corrected chi connectivity index (χ2v) is 10.2. The Morgan fingerprint density at radius 3 is 2.59 bits per heavy atom. The Morgan fingerprint density at radius 2 is 1.93 bits per heavy atom. The van der Waals surface area contributed by atoms with E-state index in [4.69, 9.17) is 0 Å². The molecule has 1 aromatic heterocycles. The largest absolute Gasteiger partial charge is 0.380 e. The zero-order chi connectivity index (χ0) is 19.7. The molecule has 0 aliphatic carbocycles. The van der Waals surface area contributed by atoms with Crippen LogP contribution in [0.15, 0.2) is 42.7 Å². The van der Waals surface area contributed by atoms with Crippen LogP contribution in [0.5, 0.6) is 0 Å². The number of aromatic nitrogens is 1. The van der Waals surface area contributed by atoms with Gasteiger partial charge in [-0.2, -0.15) is 0 Å². The lowest BCUT2D eigenvalue weighted by Crippen LogP contribution is -2.21. The average Bonchev–Trinajstić information content (AvgIpc) is 2.93. The highest BCUT2D eigenvalue weighted by Gasteiger charge is 2.27. The van der Waals surface area contributed by atoms with Gasteiger partial charge in [-0.25, -0.2) is 8.42 Å². The highest BCUT2D eigenvalue weighted by molar-refractivity contribution is 7.91. The van der Waals surface area contributed by atoms with Crippen molar-refractivity contribution in [2.24, 2.45) is 0 Å². The van der Waals surface area contributed by atoms with E-state index in [1.54, 1.807) is 12.3 Å². The molecule has 27 heavy (non-hydrogen) atoms. The van der Waals surface area contributed by atoms with Gasteiger partial charge in [0.1, 0.15) is 0 Å². The van der Waals surface area contributed by atoms with Crippen LogP contribution in [0.3, 0.4) is 0 Å². The van der Waals surface area contributed by atoms with E-state index in [2.05, 4.69) is 36.4 Å². The number of anilines is 2. The molecule has 0 bridgehead atoms. The van der Waals surface area contributed by atoms with Gasteiger partial charge in [-0.1, -0.05) is 39.0 Å². The standard InChI is InChI=1S/C20H25N3O3S/c1-20(2,3)17-6-4-5-7-18(17)23-19(24)14-10-16(12-21-11-14)22-15-8-9-27(25,26)13-15/h4-7,10-12,15,22H,8-9,13H2,1-3H3,(H,23,24). The van der Waals surface area contributed by atoms with Crippen LogP contribution in [-0.4, -0.2) is 36.9 Å². The maximum atomic E-state index is 12.7. The Balaban J connectivity index is 1.75. The number of nitrogens with one attached hydrogen (secondary N) is 2. The van der Waals surface area contributed by atoms with Gasteiger partial charge in [-0.05, 0) is 29.5 Å². The molecule has 1 fully saturated rings. The summed E-state index contributed by atoms with van der Waals surface area (Å²) in [5.74, 6) is 0.0615. The molecule has 0 saturated carbocycles. The van der Waals surface area contributed by atoms with E-state index in [-0.39, 0.29) is 28.9 Å². The van der Waals surface area contributed by atoms with Gasteiger partial charge in [0.2, 0.25) is 0 Å². The molecule has 2 N–H and O–H groups in total. The molecule has 1 aromatic carbocycles. The molecular weight excluding hydrogens is 362 g/mol. The zero-order valence-corrected chi connectivity index (χ0v) is 16.6. The molecule has 2 heterocycles. The van der Waals surface area contributed by atoms with Crippen LogP contribution in [0, 0.1) is 0 Å². The van der Waals surface area contributed by atoms with E-state index < -0.39 is 9.84 Å². The monoisotopic (exact) mass is 387 g/mol. The molecule has 2 aromatic rings. The van der Waals surface area contributed by atoms with Crippen LogP contribution in [0.25, 0.3) is 0 Å². The van der Waals surface area contributed by atoms with Crippen molar-refractivity contribution in [2.45, 2.75) is 38.6 Å². The van der Waals surface area contributed by atoms with Gasteiger partial charge >= 0.3 is 0 Å². The van der Waals surface area contributed by atoms with E-state index in [0.29, 0.717) is 17.7 Å². The normalized spacial score (nSPS) is 18.9. The first-order valence-corrected chi connectivity index (χ1v) is 10.8. The molecule has 0 spiro atoms. The fraction of sp³-hybridized carbons (Fsp3) is 0.400. The number of amides is 1. The first-order valence-electron chi connectivity index (χ1n) is 8.97. The predicted octanol–water partition coefficient (Wildman–Crippen LogP) is 3.23. The van der Waals surface area contributed by atoms with Crippen LogP contribution in [0.4, 0.5) is 11.4 Å². The van der Waals surface area contributed by atoms with Crippen molar-refractivity contribution in [3.8, 4) is 0 Å². The molecule has 0 radical (unpaired) electrons. The maximum absolute atomic E-state index is 12.7. The molecule has 1 atom stereocenters. The van der Waals surface area contributed by atoms with Crippen molar-refractivity contribution >= 4 is 27.1 Å². The fourth-order valence-electron chi connectivity index (χ4n) is 3.23. The van der Waals surface area contributed by atoms with Crippen LogP contribution in [-0.2, 0) is 15.3 Å². The zero-order valence-electron chi connectivity index (χ0n) is 15.8. The van der Waals surface area contributed by atoms with Crippen LogP contribution in [0.2, 0.25) is 0 Å². The van der Waals surface area contributed by atoms with Crippen molar-refractivity contribution < 1.29 is 13.2 Å². The van der Waals surface area contributed by atoms with E-state index in [9.17, 15) is 13.2 Å². The summed E-state index contributed by atoms with van der Waals surface area (Å²) >= 11 is 0. The highest BCUT2D eigenvalue weighted by Crippen LogP contribution is 2.29. The highest BCUT2D eigenvalue weighted by atomic mass is 32.2. The summed E-state index contributed by atoms with van der Waals surface area (Å²) in [6, 6.07) is 9.30. The topological polar surface area (TPSA) is 88.2 Å². The Bertz CT molecular complexity index is 949. The predicted molar refractivity (Wildman–Crippen MR) is 108 cm³/mol. The molecule has 1 saturated heterocycles. The van der Waals surface area contributed by atoms with Gasteiger partial charge in [0.25, 0.3) is 5.91 Å². The number of hydrogen-bond donors (Lipinski definition) is 2. The Morgan fingerprint density at radius 1 is 1.19 bits per heavy atom. The third-order valence-electron chi connectivity index (χ3n) is 4.59. The Hall–Kier alpha value is -2.41. The molecule has 1 amide bonds. The lowest BCUT2D eigenvalue weighted by atomic mass is 9.86. The van der Waals surface area contributed by atoms with Crippen LogP contribution in [0.1, 0.15) is 43.1 Å². The molecular formula is C20H25N3O3S. The van der Waals surface area contributed by atoms with Crippen LogP contribution < -0.4 is 10.6 Å². The number of rotatable bonds is 4. The minimum absolute atomic E-state index is 0.0977. The number of carbonyl (C=O) groups excluding carboxylic acids is 1. The van der Waals surface area contributed by atoms with Gasteiger partial charge in [0.15, 0.2) is 9.84 Å². The van der Waals surface area contributed by atoms with Crippen molar-refractivity contribution in [2.75, 3.05) is 22.1 Å². The molecule has 144 valence electrons. The number of sulfone groups is 1. The van der Waals surface area contributed by atoms with Gasteiger partial charge in [-0.3, -0.25) is 9.78 Å². The average molecular weight is 388 g/mol. The van der Waals surface area contributed by atoms with Crippen molar-refractivity contribution in [1.29, 1.82) is 0 Å². The first-order chi connectivity index (χ1) is 12.6. The molecule has 3 rings (SSSR count). The lowest BCUT2D eigenvalue weighted by Gasteiger charge is -2.23. The van der Waals surface area contributed by atoms with Crippen molar-refractivity contribution in [3.63, 3.8) is 0 Å². The number of nitrogens with zero attached hydrogens (tertiary/aromatic N) is 1. The number of hydrogen-bond acceptors (Lipinski definition) is 5. The van der Waals surface area contributed by atoms with Crippen molar-refractivity contribution in [1.82, 2.24) is 4.98 Å². The van der Waals surface area contributed by atoms with Gasteiger partial charge in [0.05, 0.1) is 22.8 Å². The second-order valence-electron chi connectivity index (χ2n) is 7.96. The first kappa shape index (κ1) is 19.4. The van der Waals surface area contributed by atoms with Gasteiger partial charge < -0.3 is 10.6 Å². The summed E-state index contributed by atoms with van der Waals surface area (Å²) in [5, 5.41) is 6.13. The smallest absolute Gasteiger partial charge is 0.257 e. The van der Waals surface area contributed by atoms with E-state index in [1.807, 2.05) is 24.3 Å². The summed E-state index contributed by atoms with van der Waals surface area (Å²) in [5.41, 5.74) is 2.80. The van der Waals surface area contributed by atoms with E-state index in [1.165, 1.54) is 6.20 Å². The third-order valence-corrected chi connectivity index (χ3v) is 6.35. The molecule has 1 aliphatic rings. The van der Waals surface area contributed by atoms with Gasteiger partial charge in [-0.15, -0.1) is 0 Å². The minimum Gasteiger partial charge on any atom is -0.380 e. The Kier molecular flexibility index (Phi) is 5.24. The quantitative estimate of drug-likeness (QED) is 0.841. The number of carbonyl (C=O) groups is 1. The lowest BCUT2D eigenvalue weighted by molar-refractivity contribution is 0.102. The minimum atomic E-state index is -2.96. The molecule has 6 nitrogen and oxygen atoms in total. The molecule has 7 heteroatoms. The maximum Gasteiger partial charge on any atom is 0.257 e. The summed E-state index contributed by atoms with van der Waals surface area (Å²) < 4.78 is 23.2. The summed E-state index contributed by atoms with van der Waals surface area (Å²) in [6.07, 6.45) is 3.67. The number of benzene rings is 1. The van der Waals surface area contributed by atoms with E-state index >= 15 is 0 Å². The SMILES string of the molecule is CC(C)(C)c1ccccc1NC(=O)c1cncc(NC2CCS(=O)(=O)C2)c1.